The third-order valence-corrected chi connectivity index (χ3v) is 6.85. The summed E-state index contributed by atoms with van der Waals surface area (Å²) in [7, 11) is 1.95. The molecule has 0 radical (unpaired) electrons. The van der Waals surface area contributed by atoms with E-state index in [2.05, 4.69) is 57.5 Å². The van der Waals surface area contributed by atoms with Gasteiger partial charge >= 0.3 is 6.09 Å². The van der Waals surface area contributed by atoms with Crippen LogP contribution in [-0.2, 0) is 11.8 Å². The van der Waals surface area contributed by atoms with Gasteiger partial charge in [0.1, 0.15) is 11.3 Å². The highest BCUT2D eigenvalue weighted by Gasteiger charge is 2.29. The summed E-state index contributed by atoms with van der Waals surface area (Å²) >= 11 is 2.40. The van der Waals surface area contributed by atoms with Crippen molar-refractivity contribution in [2.24, 2.45) is 7.05 Å². The van der Waals surface area contributed by atoms with E-state index in [1.807, 2.05) is 43.6 Å². The predicted octanol–water partition coefficient (Wildman–Crippen LogP) is 4.92. The smallest absolute Gasteiger partial charge is 0.410 e. The van der Waals surface area contributed by atoms with Crippen molar-refractivity contribution in [2.45, 2.75) is 52.2 Å². The van der Waals surface area contributed by atoms with Crippen molar-refractivity contribution in [1.82, 2.24) is 24.5 Å². The normalized spacial score (nSPS) is 15.7. The largest absolute Gasteiger partial charge is 0.444 e. The van der Waals surface area contributed by atoms with Gasteiger partial charge in [0.15, 0.2) is 0 Å². The van der Waals surface area contributed by atoms with E-state index >= 15 is 0 Å². The number of benzene rings is 1. The second-order valence-corrected chi connectivity index (χ2v) is 10.0. The van der Waals surface area contributed by atoms with E-state index in [0.29, 0.717) is 13.1 Å². The van der Waals surface area contributed by atoms with Gasteiger partial charge in [0.2, 0.25) is 0 Å². The molecule has 160 valence electrons. The van der Waals surface area contributed by atoms with E-state index in [4.69, 9.17) is 9.84 Å². The van der Waals surface area contributed by atoms with Crippen molar-refractivity contribution in [3.05, 3.63) is 33.7 Å². The Bertz CT molecular complexity index is 1090. The molecule has 7 nitrogen and oxygen atoms in total. The topological polar surface area (TPSA) is 65.2 Å². The average molecular weight is 521 g/mol. The second kappa shape index (κ2) is 7.86. The molecule has 1 amide bonds. The first kappa shape index (κ1) is 21.1. The van der Waals surface area contributed by atoms with E-state index in [9.17, 15) is 4.79 Å². The second-order valence-electron chi connectivity index (χ2n) is 8.93. The summed E-state index contributed by atoms with van der Waals surface area (Å²) in [6.07, 6.45) is 3.41. The average Bonchev–Trinajstić information content (AvgIpc) is 3.21. The highest BCUT2D eigenvalue weighted by atomic mass is 127. The van der Waals surface area contributed by atoms with Crippen LogP contribution in [0.3, 0.4) is 0 Å². The predicted molar refractivity (Wildman–Crippen MR) is 125 cm³/mol. The Labute approximate surface area is 190 Å². The van der Waals surface area contributed by atoms with Crippen molar-refractivity contribution in [2.75, 3.05) is 13.1 Å². The SMILES string of the molecule is Cc1c(I)c(-c2ccc3c(cnn3C)c2)nn1C1CCN(C(=O)OC(C)(C)C)CC1. The van der Waals surface area contributed by atoms with E-state index in [-0.39, 0.29) is 12.1 Å². The van der Waals surface area contributed by atoms with E-state index < -0.39 is 5.60 Å². The number of amides is 1. The van der Waals surface area contributed by atoms with Crippen LogP contribution in [0.4, 0.5) is 4.79 Å². The van der Waals surface area contributed by atoms with Gasteiger partial charge in [-0.05, 0) is 75.3 Å². The summed E-state index contributed by atoms with van der Waals surface area (Å²) in [4.78, 5) is 14.2. The lowest BCUT2D eigenvalue weighted by molar-refractivity contribution is 0.0184. The molecule has 4 rings (SSSR count). The molecular formula is C22H28IN5O2. The lowest BCUT2D eigenvalue weighted by Crippen LogP contribution is -2.42. The lowest BCUT2D eigenvalue weighted by atomic mass is 10.1. The first-order valence-electron chi connectivity index (χ1n) is 10.3. The minimum atomic E-state index is -0.465. The van der Waals surface area contributed by atoms with Crippen molar-refractivity contribution in [3.63, 3.8) is 0 Å². The number of carbonyl (C=O) groups excluding carboxylic acids is 1. The molecule has 0 spiro atoms. The molecule has 0 aliphatic carbocycles. The van der Waals surface area contributed by atoms with Crippen molar-refractivity contribution >= 4 is 39.6 Å². The molecule has 1 aromatic carbocycles. The molecule has 3 aromatic rings. The Hall–Kier alpha value is -2.10. The molecule has 30 heavy (non-hydrogen) atoms. The van der Waals surface area contributed by atoms with Gasteiger partial charge < -0.3 is 9.64 Å². The van der Waals surface area contributed by atoms with Gasteiger partial charge in [0.25, 0.3) is 0 Å². The zero-order valence-corrected chi connectivity index (χ0v) is 20.3. The van der Waals surface area contributed by atoms with Gasteiger partial charge in [-0.15, -0.1) is 0 Å². The Morgan fingerprint density at radius 1 is 1.23 bits per heavy atom. The molecule has 1 fully saturated rings. The molecule has 1 aliphatic rings. The highest BCUT2D eigenvalue weighted by Crippen LogP contribution is 2.33. The van der Waals surface area contributed by atoms with Crippen LogP contribution < -0.4 is 0 Å². The fraction of sp³-hybridized carbons (Fsp3) is 0.500. The van der Waals surface area contributed by atoms with Crippen LogP contribution in [0.5, 0.6) is 0 Å². The molecule has 1 aliphatic heterocycles. The molecule has 8 heteroatoms. The number of nitrogens with zero attached hydrogens (tertiary/aromatic N) is 5. The number of likely N-dealkylation sites (tertiary alicyclic amines) is 1. The number of hydrogen-bond donors (Lipinski definition) is 0. The standard InChI is InChI=1S/C22H28IN5O2/c1-14-19(23)20(15-6-7-18-16(12-15)13-24-26(18)5)25-28(14)17-8-10-27(11-9-17)21(29)30-22(2,3)4/h6-7,12-13,17H,8-11H2,1-5H3. The van der Waals surface area contributed by atoms with Gasteiger partial charge in [-0.2, -0.15) is 10.2 Å². The Kier molecular flexibility index (Phi) is 5.54. The maximum Gasteiger partial charge on any atom is 0.410 e. The van der Waals surface area contributed by atoms with Crippen LogP contribution >= 0.6 is 22.6 Å². The fourth-order valence-electron chi connectivity index (χ4n) is 3.97. The van der Waals surface area contributed by atoms with Crippen LogP contribution in [0.15, 0.2) is 24.4 Å². The molecule has 0 saturated carbocycles. The third kappa shape index (κ3) is 4.06. The molecule has 0 N–H and O–H groups in total. The molecule has 0 atom stereocenters. The summed E-state index contributed by atoms with van der Waals surface area (Å²) < 4.78 is 10.7. The summed E-state index contributed by atoms with van der Waals surface area (Å²) in [5.41, 5.74) is 3.93. The van der Waals surface area contributed by atoms with E-state index in [1.165, 1.54) is 9.26 Å². The zero-order chi connectivity index (χ0) is 21.6. The van der Waals surface area contributed by atoms with Crippen LogP contribution in [0.2, 0.25) is 0 Å². The van der Waals surface area contributed by atoms with Gasteiger partial charge in [-0.3, -0.25) is 9.36 Å². The Balaban J connectivity index is 1.53. The molecule has 3 heterocycles. The first-order chi connectivity index (χ1) is 14.1. The summed E-state index contributed by atoms with van der Waals surface area (Å²) in [6, 6.07) is 6.65. The molecule has 2 aromatic heterocycles. The summed E-state index contributed by atoms with van der Waals surface area (Å²) in [6.45, 7) is 9.20. The quantitative estimate of drug-likeness (QED) is 0.449. The number of aryl methyl sites for hydroxylation is 1. The van der Waals surface area contributed by atoms with Crippen LogP contribution in [0.1, 0.15) is 45.3 Å². The minimum Gasteiger partial charge on any atom is -0.444 e. The number of piperidine rings is 1. The van der Waals surface area contributed by atoms with Gasteiger partial charge in [-0.1, -0.05) is 6.07 Å². The van der Waals surface area contributed by atoms with Crippen molar-refractivity contribution in [3.8, 4) is 11.3 Å². The number of hydrogen-bond acceptors (Lipinski definition) is 4. The molecule has 1 saturated heterocycles. The third-order valence-electron chi connectivity index (χ3n) is 5.56. The minimum absolute atomic E-state index is 0.224. The number of aromatic nitrogens is 4. The molecule has 0 bridgehead atoms. The maximum atomic E-state index is 12.3. The molecule has 0 unspecified atom stereocenters. The van der Waals surface area contributed by atoms with E-state index in [0.717, 1.165) is 35.0 Å². The van der Waals surface area contributed by atoms with Crippen molar-refractivity contribution < 1.29 is 9.53 Å². The number of fused-ring (bicyclic) bond motifs is 1. The summed E-state index contributed by atoms with van der Waals surface area (Å²) in [5.74, 6) is 0. The van der Waals surface area contributed by atoms with E-state index in [1.54, 1.807) is 0 Å². The number of halogens is 1. The first-order valence-corrected chi connectivity index (χ1v) is 11.4. The van der Waals surface area contributed by atoms with Crippen LogP contribution in [0.25, 0.3) is 22.2 Å². The van der Waals surface area contributed by atoms with Crippen LogP contribution in [0, 0.1) is 10.5 Å². The zero-order valence-electron chi connectivity index (χ0n) is 18.1. The van der Waals surface area contributed by atoms with Crippen LogP contribution in [-0.4, -0.2) is 49.2 Å². The Morgan fingerprint density at radius 2 is 1.93 bits per heavy atom. The van der Waals surface area contributed by atoms with Gasteiger partial charge in [0.05, 0.1) is 21.3 Å². The number of carbonyl (C=O) groups is 1. The number of ether oxygens (including phenoxy) is 1. The monoisotopic (exact) mass is 521 g/mol. The fourth-order valence-corrected chi connectivity index (χ4v) is 4.64. The van der Waals surface area contributed by atoms with Crippen molar-refractivity contribution in [1.29, 1.82) is 0 Å². The van der Waals surface area contributed by atoms with Gasteiger partial charge in [-0.25, -0.2) is 4.79 Å². The Morgan fingerprint density at radius 3 is 2.60 bits per heavy atom. The maximum absolute atomic E-state index is 12.3. The molecular weight excluding hydrogens is 493 g/mol. The number of rotatable bonds is 2. The summed E-state index contributed by atoms with van der Waals surface area (Å²) in [5, 5.41) is 10.4. The highest BCUT2D eigenvalue weighted by molar-refractivity contribution is 14.1. The van der Waals surface area contributed by atoms with Gasteiger partial charge in [0, 0.05) is 36.8 Å². The lowest BCUT2D eigenvalue weighted by Gasteiger charge is -2.33.